The van der Waals surface area contributed by atoms with E-state index in [1.165, 1.54) is 30.9 Å². The molecule has 9 heteroatoms. The number of fused-ring (bicyclic) bond motifs is 4. The zero-order valence-electron chi connectivity index (χ0n) is 21.8. The highest BCUT2D eigenvalue weighted by Gasteiger charge is 2.30. The number of ether oxygens (including phenoxy) is 2. The summed E-state index contributed by atoms with van der Waals surface area (Å²) in [6, 6.07) is 22.7. The van der Waals surface area contributed by atoms with Crippen LogP contribution in [0.2, 0.25) is 0 Å². The molecular weight excluding hydrogens is 526 g/mol. The molecule has 5 aromatic rings. The normalized spacial score (nSPS) is 12.8. The maximum absolute atomic E-state index is 13.1. The highest BCUT2D eigenvalue weighted by atomic mass is 32.1. The van der Waals surface area contributed by atoms with Crippen molar-refractivity contribution >= 4 is 45.2 Å². The molecular formula is C31H25N3O5S. The molecule has 1 amide bonds. The van der Waals surface area contributed by atoms with Crippen LogP contribution in [0.15, 0.2) is 72.8 Å². The molecule has 1 atom stereocenters. The summed E-state index contributed by atoms with van der Waals surface area (Å²) in [5.41, 5.74) is 6.05. The molecule has 1 unspecified atom stereocenters. The van der Waals surface area contributed by atoms with E-state index in [1.807, 2.05) is 48.5 Å². The van der Waals surface area contributed by atoms with Gasteiger partial charge < -0.3 is 19.8 Å². The van der Waals surface area contributed by atoms with Gasteiger partial charge in [-0.1, -0.05) is 54.6 Å². The fourth-order valence-electron chi connectivity index (χ4n) is 4.91. The molecule has 3 aromatic carbocycles. The zero-order chi connectivity index (χ0) is 27.8. The number of benzene rings is 3. The Kier molecular flexibility index (Phi) is 6.65. The van der Waals surface area contributed by atoms with E-state index < -0.39 is 23.9 Å². The number of thiophene rings is 1. The van der Waals surface area contributed by atoms with Crippen molar-refractivity contribution in [1.82, 2.24) is 9.97 Å². The molecule has 200 valence electrons. The predicted octanol–water partition coefficient (Wildman–Crippen LogP) is 6.03. The quantitative estimate of drug-likeness (QED) is 0.250. The Morgan fingerprint density at radius 3 is 2.55 bits per heavy atom. The Labute approximate surface area is 234 Å². The predicted molar refractivity (Wildman–Crippen MR) is 154 cm³/mol. The van der Waals surface area contributed by atoms with E-state index in [4.69, 9.17) is 9.47 Å². The van der Waals surface area contributed by atoms with Gasteiger partial charge in [0.1, 0.15) is 10.8 Å². The average Bonchev–Trinajstić information content (AvgIpc) is 3.58. The molecule has 2 heterocycles. The Morgan fingerprint density at radius 2 is 1.75 bits per heavy atom. The van der Waals surface area contributed by atoms with Crippen LogP contribution in [0.4, 0.5) is 5.00 Å². The van der Waals surface area contributed by atoms with Gasteiger partial charge in [0.05, 0.1) is 29.3 Å². The number of aromatic amines is 1. The molecule has 2 aromatic heterocycles. The molecule has 40 heavy (non-hydrogen) atoms. The first-order valence-electron chi connectivity index (χ1n) is 12.8. The number of imidazole rings is 1. The molecule has 0 saturated heterocycles. The summed E-state index contributed by atoms with van der Waals surface area (Å²) in [5, 5.41) is 3.19. The van der Waals surface area contributed by atoms with Gasteiger partial charge in [-0.05, 0) is 54.7 Å². The third-order valence-electron chi connectivity index (χ3n) is 6.96. The van der Waals surface area contributed by atoms with Gasteiger partial charge in [0.15, 0.2) is 6.10 Å². The molecule has 2 N–H and O–H groups in total. The lowest BCUT2D eigenvalue weighted by Gasteiger charge is -2.16. The van der Waals surface area contributed by atoms with E-state index in [2.05, 4.69) is 21.4 Å². The number of methoxy groups -OCH3 is 1. The number of nitrogens with zero attached hydrogens (tertiary/aromatic N) is 1. The van der Waals surface area contributed by atoms with Gasteiger partial charge in [0, 0.05) is 10.4 Å². The van der Waals surface area contributed by atoms with Crippen LogP contribution in [0.5, 0.6) is 0 Å². The Hall–Kier alpha value is -4.76. The number of esters is 2. The third kappa shape index (κ3) is 4.65. The monoisotopic (exact) mass is 551 g/mol. The van der Waals surface area contributed by atoms with Crippen LogP contribution in [0.3, 0.4) is 0 Å². The lowest BCUT2D eigenvalue weighted by Crippen LogP contribution is -2.30. The number of hydrogen-bond donors (Lipinski definition) is 2. The summed E-state index contributed by atoms with van der Waals surface area (Å²) in [5.74, 6) is -1.01. The molecule has 1 aliphatic carbocycles. The topological polar surface area (TPSA) is 110 Å². The molecule has 0 aliphatic heterocycles. The molecule has 0 spiro atoms. The Balaban J connectivity index is 1.20. The van der Waals surface area contributed by atoms with Crippen molar-refractivity contribution in [2.24, 2.45) is 0 Å². The Bertz CT molecular complexity index is 1770. The smallest absolute Gasteiger partial charge is 0.341 e. The molecule has 0 saturated carbocycles. The number of aryl methyl sites for hydroxylation is 1. The summed E-state index contributed by atoms with van der Waals surface area (Å²) >= 11 is 1.33. The van der Waals surface area contributed by atoms with Crippen LogP contribution < -0.4 is 5.32 Å². The van der Waals surface area contributed by atoms with Crippen LogP contribution >= 0.6 is 11.3 Å². The Morgan fingerprint density at radius 1 is 0.975 bits per heavy atom. The van der Waals surface area contributed by atoms with Crippen LogP contribution in [0.1, 0.15) is 38.8 Å². The van der Waals surface area contributed by atoms with E-state index >= 15 is 0 Å². The SMILES string of the molecule is COC(=O)c1c(NC(=O)C(C)OC(=O)c2ccc3nc(-c4ccccc4)[nH]c3c2)sc2c1CCc1ccccc1-2. The minimum Gasteiger partial charge on any atom is -0.465 e. The highest BCUT2D eigenvalue weighted by molar-refractivity contribution is 7.20. The van der Waals surface area contributed by atoms with Crippen LogP contribution in [-0.4, -0.2) is 41.0 Å². The number of nitrogens with one attached hydrogen (secondary N) is 2. The minimum absolute atomic E-state index is 0.286. The van der Waals surface area contributed by atoms with Crippen molar-refractivity contribution < 1.29 is 23.9 Å². The summed E-state index contributed by atoms with van der Waals surface area (Å²) < 4.78 is 10.5. The largest absolute Gasteiger partial charge is 0.465 e. The molecule has 0 fully saturated rings. The first-order chi connectivity index (χ1) is 19.4. The number of carbonyl (C=O) groups is 3. The lowest BCUT2D eigenvalue weighted by molar-refractivity contribution is -0.123. The average molecular weight is 552 g/mol. The van der Waals surface area contributed by atoms with Gasteiger partial charge in [0.2, 0.25) is 0 Å². The summed E-state index contributed by atoms with van der Waals surface area (Å²) in [6.07, 6.45) is 0.343. The zero-order valence-corrected chi connectivity index (χ0v) is 22.6. The van der Waals surface area contributed by atoms with Crippen LogP contribution in [-0.2, 0) is 27.1 Å². The van der Waals surface area contributed by atoms with Crippen molar-refractivity contribution in [3.63, 3.8) is 0 Å². The fourth-order valence-corrected chi connectivity index (χ4v) is 6.21. The number of H-pyrrole nitrogens is 1. The molecule has 0 bridgehead atoms. The number of rotatable bonds is 6. The standard InChI is InChI=1S/C31H25N3O5S/c1-17(39-30(36)20-13-15-23-24(16-20)33-27(32-23)19-9-4-3-5-10-19)28(35)34-29-25(31(37)38-2)22-14-12-18-8-6-7-11-21(18)26(22)40-29/h3-11,13,15-17H,12,14H2,1-2H3,(H,32,33)(H,34,35). The third-order valence-corrected chi connectivity index (χ3v) is 8.14. The van der Waals surface area contributed by atoms with Crippen LogP contribution in [0, 0.1) is 0 Å². The van der Waals surface area contributed by atoms with E-state index in [9.17, 15) is 14.4 Å². The van der Waals surface area contributed by atoms with Gasteiger partial charge in [-0.25, -0.2) is 14.6 Å². The number of hydrogen-bond acceptors (Lipinski definition) is 7. The summed E-state index contributed by atoms with van der Waals surface area (Å²) in [7, 11) is 1.32. The van der Waals surface area contributed by atoms with E-state index in [1.54, 1.807) is 18.2 Å². The minimum atomic E-state index is -1.11. The van der Waals surface area contributed by atoms with E-state index in [-0.39, 0.29) is 5.56 Å². The maximum atomic E-state index is 13.1. The number of amides is 1. The maximum Gasteiger partial charge on any atom is 0.341 e. The van der Waals surface area contributed by atoms with E-state index in [0.717, 1.165) is 28.0 Å². The number of anilines is 1. The second-order valence-electron chi connectivity index (χ2n) is 9.48. The van der Waals surface area contributed by atoms with Crippen molar-refractivity contribution in [2.75, 3.05) is 12.4 Å². The fraction of sp³-hybridized carbons (Fsp3) is 0.161. The van der Waals surface area contributed by atoms with Crippen molar-refractivity contribution in [1.29, 1.82) is 0 Å². The molecule has 1 aliphatic rings. The number of carbonyl (C=O) groups excluding carboxylic acids is 3. The van der Waals surface area contributed by atoms with E-state index in [0.29, 0.717) is 33.8 Å². The highest BCUT2D eigenvalue weighted by Crippen LogP contribution is 2.45. The van der Waals surface area contributed by atoms with Crippen molar-refractivity contribution in [3.8, 4) is 21.8 Å². The lowest BCUT2D eigenvalue weighted by atomic mass is 9.89. The number of aromatic nitrogens is 2. The second kappa shape index (κ2) is 10.4. The van der Waals surface area contributed by atoms with Crippen molar-refractivity contribution in [2.45, 2.75) is 25.9 Å². The summed E-state index contributed by atoms with van der Waals surface area (Å²) in [6.45, 7) is 1.50. The van der Waals surface area contributed by atoms with Gasteiger partial charge in [-0.2, -0.15) is 0 Å². The first kappa shape index (κ1) is 25.5. The van der Waals surface area contributed by atoms with Crippen LogP contribution in [0.25, 0.3) is 32.9 Å². The molecule has 8 nitrogen and oxygen atoms in total. The molecule has 0 radical (unpaired) electrons. The van der Waals surface area contributed by atoms with Gasteiger partial charge in [-0.15, -0.1) is 11.3 Å². The van der Waals surface area contributed by atoms with Gasteiger partial charge in [0.25, 0.3) is 5.91 Å². The second-order valence-corrected chi connectivity index (χ2v) is 10.5. The summed E-state index contributed by atoms with van der Waals surface area (Å²) in [4.78, 5) is 47.5. The van der Waals surface area contributed by atoms with Gasteiger partial charge >= 0.3 is 11.9 Å². The first-order valence-corrected chi connectivity index (χ1v) is 13.6. The molecule has 6 rings (SSSR count). The van der Waals surface area contributed by atoms with Gasteiger partial charge in [-0.3, -0.25) is 4.79 Å². The van der Waals surface area contributed by atoms with Crippen molar-refractivity contribution in [3.05, 3.63) is 95.1 Å².